The van der Waals surface area contributed by atoms with Gasteiger partial charge < -0.3 is 10.2 Å². The molecule has 1 aliphatic rings. The number of nitrogens with zero attached hydrogens (tertiary/aromatic N) is 1. The van der Waals surface area contributed by atoms with Gasteiger partial charge >= 0.3 is 0 Å². The summed E-state index contributed by atoms with van der Waals surface area (Å²) < 4.78 is 38.5. The fraction of sp³-hybridized carbons (Fsp3) is 0.455. The van der Waals surface area contributed by atoms with E-state index < -0.39 is 28.0 Å². The second-order valence-corrected chi connectivity index (χ2v) is 6.75. The van der Waals surface area contributed by atoms with Gasteiger partial charge in [-0.2, -0.15) is 4.31 Å². The van der Waals surface area contributed by atoms with Crippen LogP contribution >= 0.6 is 11.6 Å². The number of hydrogen-bond donors (Lipinski definition) is 2. The summed E-state index contributed by atoms with van der Waals surface area (Å²) in [6.07, 6.45) is -1.74. The quantitative estimate of drug-likeness (QED) is 0.838. The zero-order valence-electron chi connectivity index (χ0n) is 9.83. The van der Waals surface area contributed by atoms with Crippen molar-refractivity contribution in [1.82, 2.24) is 4.31 Å². The minimum absolute atomic E-state index is 0.118. The molecule has 0 aromatic heterocycles. The molecule has 0 unspecified atom stereocenters. The molecule has 1 fully saturated rings. The van der Waals surface area contributed by atoms with E-state index in [1.165, 1.54) is 0 Å². The molecule has 2 N–H and O–H groups in total. The number of piperidine rings is 1. The summed E-state index contributed by atoms with van der Waals surface area (Å²) in [5, 5.41) is 18.8. The van der Waals surface area contributed by atoms with Crippen molar-refractivity contribution in [3.63, 3.8) is 0 Å². The first-order valence-corrected chi connectivity index (χ1v) is 7.44. The third-order valence-corrected chi connectivity index (χ3v) is 5.20. The van der Waals surface area contributed by atoms with Gasteiger partial charge in [0.15, 0.2) is 0 Å². The lowest BCUT2D eigenvalue weighted by atomic mass is 10.1. The van der Waals surface area contributed by atoms with E-state index in [4.69, 9.17) is 11.6 Å². The van der Waals surface area contributed by atoms with E-state index in [1.54, 1.807) is 0 Å². The summed E-state index contributed by atoms with van der Waals surface area (Å²) in [4.78, 5) is -0.239. The Bertz CT molecular complexity index is 570. The number of sulfonamides is 1. The van der Waals surface area contributed by atoms with Crippen molar-refractivity contribution in [3.05, 3.63) is 29.0 Å². The Morgan fingerprint density at radius 2 is 1.84 bits per heavy atom. The normalized spacial score (nSPS) is 25.5. The van der Waals surface area contributed by atoms with Gasteiger partial charge in [-0.3, -0.25) is 0 Å². The monoisotopic (exact) mass is 309 g/mol. The summed E-state index contributed by atoms with van der Waals surface area (Å²) in [5.74, 6) is -0.636. The summed E-state index contributed by atoms with van der Waals surface area (Å²) in [6, 6.07) is 2.97. The SMILES string of the molecule is O=S(=O)(c1ccc(F)cc1Cl)N1C[C@H](O)C[C@@H](O)C1. The molecule has 0 spiro atoms. The fourth-order valence-electron chi connectivity index (χ4n) is 2.03. The van der Waals surface area contributed by atoms with Crippen LogP contribution in [-0.4, -0.2) is 48.2 Å². The Morgan fingerprint density at radius 1 is 1.26 bits per heavy atom. The average Bonchev–Trinajstić information content (AvgIpc) is 2.26. The van der Waals surface area contributed by atoms with E-state index in [0.29, 0.717) is 0 Å². The number of aliphatic hydroxyl groups excluding tert-OH is 2. The van der Waals surface area contributed by atoms with Crippen molar-refractivity contribution in [2.45, 2.75) is 23.5 Å². The fourth-order valence-corrected chi connectivity index (χ4v) is 4.05. The van der Waals surface area contributed by atoms with Crippen LogP contribution in [-0.2, 0) is 10.0 Å². The third-order valence-electron chi connectivity index (χ3n) is 2.88. The van der Waals surface area contributed by atoms with Crippen LogP contribution in [0.25, 0.3) is 0 Å². The molecule has 2 atom stereocenters. The van der Waals surface area contributed by atoms with E-state index in [-0.39, 0.29) is 29.4 Å². The second-order valence-electron chi connectivity index (χ2n) is 4.44. The van der Waals surface area contributed by atoms with Crippen molar-refractivity contribution in [1.29, 1.82) is 0 Å². The predicted molar refractivity (Wildman–Crippen MR) is 66.8 cm³/mol. The second kappa shape index (κ2) is 5.34. The molecule has 0 bridgehead atoms. The smallest absolute Gasteiger partial charge is 0.244 e. The van der Waals surface area contributed by atoms with Gasteiger partial charge in [0, 0.05) is 19.5 Å². The van der Waals surface area contributed by atoms with Gasteiger partial charge in [0.05, 0.1) is 17.2 Å². The first kappa shape index (κ1) is 14.7. The van der Waals surface area contributed by atoms with E-state index >= 15 is 0 Å². The highest BCUT2D eigenvalue weighted by atomic mass is 35.5. The molecule has 1 saturated heterocycles. The number of hydrogen-bond acceptors (Lipinski definition) is 4. The Balaban J connectivity index is 2.36. The minimum atomic E-state index is -3.96. The Hall–Kier alpha value is -0.730. The van der Waals surface area contributed by atoms with Crippen LogP contribution in [0.2, 0.25) is 5.02 Å². The largest absolute Gasteiger partial charge is 0.392 e. The zero-order valence-corrected chi connectivity index (χ0v) is 11.4. The lowest BCUT2D eigenvalue weighted by Crippen LogP contribution is -2.48. The summed E-state index contributed by atoms with van der Waals surface area (Å²) in [6.45, 7) is -0.236. The van der Waals surface area contributed by atoms with Crippen LogP contribution in [0.4, 0.5) is 4.39 Å². The van der Waals surface area contributed by atoms with Crippen molar-refractivity contribution in [2.24, 2.45) is 0 Å². The number of benzene rings is 1. The highest BCUT2D eigenvalue weighted by Gasteiger charge is 2.34. The molecular formula is C11H13ClFNO4S. The maximum atomic E-state index is 12.9. The molecule has 0 aliphatic carbocycles. The van der Waals surface area contributed by atoms with Crippen LogP contribution in [0.5, 0.6) is 0 Å². The number of rotatable bonds is 2. The first-order valence-electron chi connectivity index (χ1n) is 5.62. The summed E-state index contributed by atoms with van der Waals surface area (Å²) in [7, 11) is -3.96. The van der Waals surface area contributed by atoms with Gasteiger partial charge in [-0.15, -0.1) is 0 Å². The van der Waals surface area contributed by atoms with Gasteiger partial charge in [0.25, 0.3) is 0 Å². The van der Waals surface area contributed by atoms with Gasteiger partial charge in [0.2, 0.25) is 10.0 Å². The molecule has 0 radical (unpaired) electrons. The van der Waals surface area contributed by atoms with Crippen LogP contribution in [0.1, 0.15) is 6.42 Å². The molecule has 106 valence electrons. The van der Waals surface area contributed by atoms with Crippen molar-refractivity contribution in [3.8, 4) is 0 Å². The van der Waals surface area contributed by atoms with Crippen LogP contribution in [0.15, 0.2) is 23.1 Å². The molecule has 1 heterocycles. The number of aliphatic hydroxyl groups is 2. The Morgan fingerprint density at radius 3 is 2.37 bits per heavy atom. The van der Waals surface area contributed by atoms with E-state index in [9.17, 15) is 23.0 Å². The standard InChI is InChI=1S/C11H13ClFNO4S/c12-10-3-7(13)1-2-11(10)19(17,18)14-5-8(15)4-9(16)6-14/h1-3,8-9,15-16H,4-6H2/t8-,9-/m1/s1. The van der Waals surface area contributed by atoms with E-state index in [1.807, 2.05) is 0 Å². The molecule has 1 aromatic carbocycles. The zero-order chi connectivity index (χ0) is 14.2. The van der Waals surface area contributed by atoms with Gasteiger partial charge in [-0.25, -0.2) is 12.8 Å². The topological polar surface area (TPSA) is 77.8 Å². The molecule has 5 nitrogen and oxygen atoms in total. The summed E-state index contributed by atoms with van der Waals surface area (Å²) in [5.41, 5.74) is 0. The molecule has 0 amide bonds. The number of halogens is 2. The third kappa shape index (κ3) is 3.06. The highest BCUT2D eigenvalue weighted by molar-refractivity contribution is 7.89. The molecule has 1 aromatic rings. The van der Waals surface area contributed by atoms with Crippen LogP contribution in [0, 0.1) is 5.82 Å². The van der Waals surface area contributed by atoms with Crippen molar-refractivity contribution < 1.29 is 23.0 Å². The minimum Gasteiger partial charge on any atom is -0.392 e. The van der Waals surface area contributed by atoms with Gasteiger partial charge in [-0.1, -0.05) is 11.6 Å². The van der Waals surface area contributed by atoms with Gasteiger partial charge in [0.1, 0.15) is 10.7 Å². The highest BCUT2D eigenvalue weighted by Crippen LogP contribution is 2.27. The molecule has 0 saturated carbocycles. The van der Waals surface area contributed by atoms with E-state index in [2.05, 4.69) is 0 Å². The summed E-state index contributed by atoms with van der Waals surface area (Å²) >= 11 is 5.74. The van der Waals surface area contributed by atoms with E-state index in [0.717, 1.165) is 22.5 Å². The molecular weight excluding hydrogens is 297 g/mol. The van der Waals surface area contributed by atoms with Crippen molar-refractivity contribution in [2.75, 3.05) is 13.1 Å². The maximum absolute atomic E-state index is 12.9. The maximum Gasteiger partial charge on any atom is 0.244 e. The Kier molecular flexibility index (Phi) is 4.12. The lowest BCUT2D eigenvalue weighted by molar-refractivity contribution is 0.0213. The molecule has 19 heavy (non-hydrogen) atoms. The van der Waals surface area contributed by atoms with Crippen LogP contribution < -0.4 is 0 Å². The Labute approximate surface area is 115 Å². The number of β-amino-alcohol motifs (C(OH)–C–C–N with tert-alkyl or cyclic N) is 2. The predicted octanol–water partition coefficient (Wildman–Crippen LogP) is 0.595. The molecule has 2 rings (SSSR count). The first-order chi connectivity index (χ1) is 8.80. The lowest BCUT2D eigenvalue weighted by Gasteiger charge is -2.32. The van der Waals surface area contributed by atoms with Crippen LogP contribution in [0.3, 0.4) is 0 Å². The molecule has 8 heteroatoms. The van der Waals surface area contributed by atoms with Crippen molar-refractivity contribution >= 4 is 21.6 Å². The van der Waals surface area contributed by atoms with Gasteiger partial charge in [-0.05, 0) is 18.2 Å². The average molecular weight is 310 g/mol. The molecule has 1 aliphatic heterocycles.